The van der Waals surface area contributed by atoms with Crippen molar-refractivity contribution in [1.82, 2.24) is 4.90 Å². The predicted molar refractivity (Wildman–Crippen MR) is 119 cm³/mol. The molecule has 30 heavy (non-hydrogen) atoms. The van der Waals surface area contributed by atoms with Crippen molar-refractivity contribution >= 4 is 23.2 Å². The van der Waals surface area contributed by atoms with Gasteiger partial charge in [0, 0.05) is 18.7 Å². The predicted octanol–water partition coefficient (Wildman–Crippen LogP) is 3.98. The summed E-state index contributed by atoms with van der Waals surface area (Å²) in [5.74, 6) is 0.169. The Morgan fingerprint density at radius 2 is 1.93 bits per heavy atom. The maximum atomic E-state index is 13.0. The summed E-state index contributed by atoms with van der Waals surface area (Å²) in [6, 6.07) is 17.4. The Kier molecular flexibility index (Phi) is 5.59. The zero-order valence-electron chi connectivity index (χ0n) is 16.8. The molecule has 0 radical (unpaired) electrons. The maximum Gasteiger partial charge on any atom is 0.254 e. The van der Waals surface area contributed by atoms with Crippen molar-refractivity contribution in [2.24, 2.45) is 11.1 Å². The van der Waals surface area contributed by atoms with Gasteiger partial charge in [-0.15, -0.1) is 0 Å². The molecule has 2 amide bonds. The SMILES string of the molecule is COc1cccc(C(=O)N2CCC(Cc3ccc(-c4ccsc4)cc3)(C(N)=O)C2)c1. The second kappa shape index (κ2) is 8.32. The third kappa shape index (κ3) is 3.96. The van der Waals surface area contributed by atoms with Crippen LogP contribution >= 0.6 is 11.3 Å². The van der Waals surface area contributed by atoms with Crippen LogP contribution in [-0.4, -0.2) is 36.9 Å². The fourth-order valence-corrected chi connectivity index (χ4v) is 4.72. The second-order valence-corrected chi connectivity index (χ2v) is 8.52. The lowest BCUT2D eigenvalue weighted by Crippen LogP contribution is -2.42. The molecule has 6 heteroatoms. The number of ether oxygens (including phenoxy) is 1. The number of carbonyl (C=O) groups is 2. The number of carbonyl (C=O) groups excluding carboxylic acids is 2. The van der Waals surface area contributed by atoms with Crippen molar-refractivity contribution < 1.29 is 14.3 Å². The first-order valence-corrected chi connectivity index (χ1v) is 10.8. The average molecular weight is 421 g/mol. The lowest BCUT2D eigenvalue weighted by molar-refractivity contribution is -0.126. The number of nitrogens with two attached hydrogens (primary N) is 1. The third-order valence-electron chi connectivity index (χ3n) is 5.83. The summed E-state index contributed by atoms with van der Waals surface area (Å²) in [4.78, 5) is 27.1. The molecule has 1 unspecified atom stereocenters. The van der Waals surface area contributed by atoms with Crippen LogP contribution in [0, 0.1) is 5.41 Å². The first kappa shape index (κ1) is 20.2. The summed E-state index contributed by atoms with van der Waals surface area (Å²) in [7, 11) is 1.57. The van der Waals surface area contributed by atoms with Crippen LogP contribution in [0.25, 0.3) is 11.1 Å². The van der Waals surface area contributed by atoms with Crippen molar-refractivity contribution in [3.05, 3.63) is 76.5 Å². The number of benzene rings is 2. The Balaban J connectivity index is 1.51. The molecule has 4 rings (SSSR count). The molecule has 0 saturated carbocycles. The molecule has 1 atom stereocenters. The normalized spacial score (nSPS) is 18.4. The molecule has 1 aromatic heterocycles. The largest absolute Gasteiger partial charge is 0.497 e. The lowest BCUT2D eigenvalue weighted by Gasteiger charge is -2.26. The van der Waals surface area contributed by atoms with E-state index in [4.69, 9.17) is 10.5 Å². The van der Waals surface area contributed by atoms with Gasteiger partial charge in [0.05, 0.1) is 12.5 Å². The number of amides is 2. The van der Waals surface area contributed by atoms with E-state index >= 15 is 0 Å². The van der Waals surface area contributed by atoms with Gasteiger partial charge in [0.2, 0.25) is 5.91 Å². The van der Waals surface area contributed by atoms with E-state index in [2.05, 4.69) is 29.0 Å². The third-order valence-corrected chi connectivity index (χ3v) is 6.51. The molecular weight excluding hydrogens is 396 g/mol. The van der Waals surface area contributed by atoms with Crippen molar-refractivity contribution in [2.75, 3.05) is 20.2 Å². The minimum absolute atomic E-state index is 0.107. The molecule has 0 aliphatic carbocycles. The van der Waals surface area contributed by atoms with E-state index in [0.717, 1.165) is 11.1 Å². The molecule has 1 saturated heterocycles. The van der Waals surface area contributed by atoms with Crippen molar-refractivity contribution in [1.29, 1.82) is 0 Å². The minimum Gasteiger partial charge on any atom is -0.497 e. The molecule has 1 fully saturated rings. The van der Waals surface area contributed by atoms with Gasteiger partial charge in [-0.25, -0.2) is 0 Å². The smallest absolute Gasteiger partial charge is 0.254 e. The summed E-state index contributed by atoms with van der Waals surface area (Å²) in [6.07, 6.45) is 1.08. The second-order valence-electron chi connectivity index (χ2n) is 7.74. The molecule has 154 valence electrons. The van der Waals surface area contributed by atoms with Crippen LogP contribution in [0.3, 0.4) is 0 Å². The van der Waals surface area contributed by atoms with E-state index in [9.17, 15) is 9.59 Å². The van der Waals surface area contributed by atoms with Crippen LogP contribution in [0.5, 0.6) is 5.75 Å². The topological polar surface area (TPSA) is 72.6 Å². The van der Waals surface area contributed by atoms with Gasteiger partial charge in [-0.1, -0.05) is 30.3 Å². The van der Waals surface area contributed by atoms with Crippen molar-refractivity contribution in [3.8, 4) is 16.9 Å². The van der Waals surface area contributed by atoms with E-state index in [0.29, 0.717) is 37.2 Å². The zero-order chi connectivity index (χ0) is 21.1. The number of hydrogen-bond donors (Lipinski definition) is 1. The molecule has 2 aromatic carbocycles. The monoisotopic (exact) mass is 420 g/mol. The van der Waals surface area contributed by atoms with E-state index in [1.54, 1.807) is 47.6 Å². The molecule has 2 heterocycles. The summed E-state index contributed by atoms with van der Waals surface area (Å²) >= 11 is 1.66. The molecule has 1 aliphatic heterocycles. The van der Waals surface area contributed by atoms with Crippen LogP contribution in [-0.2, 0) is 11.2 Å². The van der Waals surface area contributed by atoms with E-state index < -0.39 is 5.41 Å². The molecule has 1 aliphatic rings. The van der Waals surface area contributed by atoms with Gasteiger partial charge >= 0.3 is 0 Å². The summed E-state index contributed by atoms with van der Waals surface area (Å²) in [5, 5.41) is 4.16. The van der Waals surface area contributed by atoms with Crippen LogP contribution in [0.4, 0.5) is 0 Å². The first-order valence-electron chi connectivity index (χ1n) is 9.85. The maximum absolute atomic E-state index is 13.0. The lowest BCUT2D eigenvalue weighted by atomic mass is 9.80. The summed E-state index contributed by atoms with van der Waals surface area (Å²) in [5.41, 5.74) is 9.02. The Morgan fingerprint density at radius 3 is 2.60 bits per heavy atom. The molecule has 0 spiro atoms. The summed E-state index contributed by atoms with van der Waals surface area (Å²) < 4.78 is 5.22. The highest BCUT2D eigenvalue weighted by Gasteiger charge is 2.44. The van der Waals surface area contributed by atoms with Gasteiger partial charge in [0.1, 0.15) is 5.75 Å². The number of primary amides is 1. The Labute approximate surface area is 180 Å². The van der Waals surface area contributed by atoms with Crippen LogP contribution in [0.2, 0.25) is 0 Å². The van der Waals surface area contributed by atoms with Gasteiger partial charge in [-0.2, -0.15) is 11.3 Å². The fourth-order valence-electron chi connectivity index (χ4n) is 4.05. The van der Waals surface area contributed by atoms with Crippen molar-refractivity contribution in [2.45, 2.75) is 12.8 Å². The fraction of sp³-hybridized carbons (Fsp3) is 0.250. The van der Waals surface area contributed by atoms with Crippen LogP contribution in [0.15, 0.2) is 65.4 Å². The van der Waals surface area contributed by atoms with Crippen LogP contribution < -0.4 is 10.5 Å². The van der Waals surface area contributed by atoms with E-state index in [1.807, 2.05) is 12.1 Å². The van der Waals surface area contributed by atoms with Crippen LogP contribution in [0.1, 0.15) is 22.3 Å². The van der Waals surface area contributed by atoms with E-state index in [1.165, 1.54) is 5.56 Å². The Morgan fingerprint density at radius 1 is 1.13 bits per heavy atom. The number of hydrogen-bond acceptors (Lipinski definition) is 4. The van der Waals surface area contributed by atoms with E-state index in [-0.39, 0.29) is 11.8 Å². The Hall–Kier alpha value is -3.12. The molecule has 5 nitrogen and oxygen atoms in total. The number of methoxy groups -OCH3 is 1. The Bertz CT molecular complexity index is 1050. The quantitative estimate of drug-likeness (QED) is 0.655. The number of rotatable bonds is 6. The minimum atomic E-state index is -0.752. The number of likely N-dealkylation sites (tertiary alicyclic amines) is 1. The zero-order valence-corrected chi connectivity index (χ0v) is 17.7. The molecule has 3 aromatic rings. The van der Waals surface area contributed by atoms with Gasteiger partial charge in [-0.3, -0.25) is 9.59 Å². The number of thiophene rings is 1. The molecular formula is C24H24N2O3S. The highest BCUT2D eigenvalue weighted by molar-refractivity contribution is 7.08. The highest BCUT2D eigenvalue weighted by Crippen LogP contribution is 2.35. The molecule has 0 bridgehead atoms. The number of nitrogens with zero attached hydrogens (tertiary/aromatic N) is 1. The van der Waals surface area contributed by atoms with Gasteiger partial charge in [0.15, 0.2) is 0 Å². The standard InChI is InChI=1S/C24H24N2O3S/c1-29-21-4-2-3-19(13-21)22(27)26-11-10-24(16-26,23(25)28)14-17-5-7-18(8-6-17)20-9-12-30-15-20/h2-9,12-13,15H,10-11,14,16H2,1H3,(H2,25,28). The molecule has 2 N–H and O–H groups in total. The first-order chi connectivity index (χ1) is 14.5. The summed E-state index contributed by atoms with van der Waals surface area (Å²) in [6.45, 7) is 0.830. The van der Waals surface area contributed by atoms with Gasteiger partial charge in [-0.05, 0) is 64.6 Å². The van der Waals surface area contributed by atoms with Crippen molar-refractivity contribution in [3.63, 3.8) is 0 Å². The average Bonchev–Trinajstić information content (AvgIpc) is 3.45. The van der Waals surface area contributed by atoms with Gasteiger partial charge in [0.25, 0.3) is 5.91 Å². The highest BCUT2D eigenvalue weighted by atomic mass is 32.1. The van der Waals surface area contributed by atoms with Gasteiger partial charge < -0.3 is 15.4 Å².